The van der Waals surface area contributed by atoms with Gasteiger partial charge in [-0.3, -0.25) is 9.59 Å². The summed E-state index contributed by atoms with van der Waals surface area (Å²) in [7, 11) is 0. The van der Waals surface area contributed by atoms with E-state index in [9.17, 15) is 32.7 Å². The minimum atomic E-state index is -4.76. The highest BCUT2D eigenvalue weighted by Crippen LogP contribution is 2.46. The SMILES string of the molecule is CC(=O)c1cccc(C(C)(c2ccc(C(=O)O)c(C(C)=O)c2)C(F)(F)F)c1. The molecule has 27 heavy (non-hydrogen) atoms. The molecule has 0 saturated heterocycles. The first-order valence-corrected chi connectivity index (χ1v) is 7.96. The van der Waals surface area contributed by atoms with E-state index in [0.29, 0.717) is 0 Å². The van der Waals surface area contributed by atoms with Crippen molar-refractivity contribution in [3.63, 3.8) is 0 Å². The predicted octanol–water partition coefficient (Wildman–Crippen LogP) is 4.66. The van der Waals surface area contributed by atoms with Crippen molar-refractivity contribution in [2.24, 2.45) is 0 Å². The Morgan fingerprint density at radius 2 is 1.44 bits per heavy atom. The molecule has 0 saturated carbocycles. The number of benzene rings is 2. The van der Waals surface area contributed by atoms with Crippen LogP contribution in [0.4, 0.5) is 13.2 Å². The van der Waals surface area contributed by atoms with Gasteiger partial charge in [-0.1, -0.05) is 24.3 Å². The summed E-state index contributed by atoms with van der Waals surface area (Å²) in [6, 6.07) is 8.17. The van der Waals surface area contributed by atoms with Crippen molar-refractivity contribution in [2.45, 2.75) is 32.4 Å². The molecule has 1 N–H and O–H groups in total. The Morgan fingerprint density at radius 3 is 1.93 bits per heavy atom. The first-order valence-electron chi connectivity index (χ1n) is 7.96. The van der Waals surface area contributed by atoms with Crippen LogP contribution in [0.1, 0.15) is 63.0 Å². The van der Waals surface area contributed by atoms with Gasteiger partial charge in [-0.25, -0.2) is 4.79 Å². The lowest BCUT2D eigenvalue weighted by atomic mass is 9.74. The van der Waals surface area contributed by atoms with E-state index in [1.807, 2.05) is 0 Å². The van der Waals surface area contributed by atoms with Crippen molar-refractivity contribution >= 4 is 17.5 Å². The number of ketones is 2. The summed E-state index contributed by atoms with van der Waals surface area (Å²) in [5.41, 5.74) is -3.56. The highest BCUT2D eigenvalue weighted by atomic mass is 19.4. The monoisotopic (exact) mass is 378 g/mol. The van der Waals surface area contributed by atoms with Gasteiger partial charge in [0.25, 0.3) is 0 Å². The molecule has 0 aliphatic heterocycles. The molecule has 0 aliphatic rings. The maximum absolute atomic E-state index is 14.1. The van der Waals surface area contributed by atoms with E-state index in [2.05, 4.69) is 0 Å². The molecular formula is C20H17F3O4. The second-order valence-electron chi connectivity index (χ2n) is 6.38. The fourth-order valence-electron chi connectivity index (χ4n) is 2.88. The second-order valence-corrected chi connectivity index (χ2v) is 6.38. The largest absolute Gasteiger partial charge is 0.478 e. The molecule has 142 valence electrons. The first kappa shape index (κ1) is 20.4. The van der Waals surface area contributed by atoms with Crippen LogP contribution >= 0.6 is 0 Å². The molecule has 1 atom stereocenters. The molecule has 2 aromatic carbocycles. The zero-order valence-electron chi connectivity index (χ0n) is 14.8. The molecule has 0 amide bonds. The zero-order chi connectivity index (χ0) is 20.6. The minimum Gasteiger partial charge on any atom is -0.478 e. The van der Waals surface area contributed by atoms with E-state index >= 15 is 0 Å². The van der Waals surface area contributed by atoms with Crippen molar-refractivity contribution in [2.75, 3.05) is 0 Å². The molecule has 0 radical (unpaired) electrons. The van der Waals surface area contributed by atoms with Crippen LogP contribution in [-0.4, -0.2) is 28.8 Å². The third kappa shape index (κ3) is 3.63. The van der Waals surface area contributed by atoms with Gasteiger partial charge in [0.1, 0.15) is 5.41 Å². The van der Waals surface area contributed by atoms with Crippen molar-refractivity contribution in [1.82, 2.24) is 0 Å². The van der Waals surface area contributed by atoms with Crippen LogP contribution in [0.2, 0.25) is 0 Å². The Labute approximate surface area is 153 Å². The van der Waals surface area contributed by atoms with E-state index in [1.165, 1.54) is 25.1 Å². The van der Waals surface area contributed by atoms with Crippen molar-refractivity contribution in [1.29, 1.82) is 0 Å². The number of alkyl halides is 3. The summed E-state index contributed by atoms with van der Waals surface area (Å²) in [6.07, 6.45) is -4.76. The van der Waals surface area contributed by atoms with Crippen LogP contribution in [0.5, 0.6) is 0 Å². The number of hydrogen-bond donors (Lipinski definition) is 1. The molecule has 7 heteroatoms. The van der Waals surface area contributed by atoms with Crippen LogP contribution in [0.25, 0.3) is 0 Å². The summed E-state index contributed by atoms with van der Waals surface area (Å²) < 4.78 is 42.3. The lowest BCUT2D eigenvalue weighted by Crippen LogP contribution is -2.41. The van der Waals surface area contributed by atoms with Gasteiger partial charge in [0.05, 0.1) is 5.56 Å². The normalized spacial score (nSPS) is 13.7. The summed E-state index contributed by atoms with van der Waals surface area (Å²) in [6.45, 7) is 3.28. The van der Waals surface area contributed by atoms with Crippen LogP contribution in [0.15, 0.2) is 42.5 Å². The number of carboxylic acid groups (broad SMARTS) is 1. The molecule has 0 fully saturated rings. The molecule has 2 aromatic rings. The highest BCUT2D eigenvalue weighted by Gasteiger charge is 2.53. The Morgan fingerprint density at radius 1 is 0.852 bits per heavy atom. The van der Waals surface area contributed by atoms with Crippen LogP contribution in [-0.2, 0) is 5.41 Å². The Bertz CT molecular complexity index is 931. The summed E-state index contributed by atoms with van der Waals surface area (Å²) in [4.78, 5) is 34.6. The molecule has 0 heterocycles. The second kappa shape index (κ2) is 6.98. The number of halogens is 3. The molecule has 0 aliphatic carbocycles. The topological polar surface area (TPSA) is 71.4 Å². The van der Waals surface area contributed by atoms with Gasteiger partial charge >= 0.3 is 12.1 Å². The van der Waals surface area contributed by atoms with Gasteiger partial charge in [0.15, 0.2) is 11.6 Å². The number of Topliss-reactive ketones (excluding diaryl/α,β-unsaturated/α-hetero) is 2. The van der Waals surface area contributed by atoms with Gasteiger partial charge in [0, 0.05) is 11.1 Å². The molecule has 2 rings (SSSR count). The molecule has 0 bridgehead atoms. The lowest BCUT2D eigenvalue weighted by Gasteiger charge is -2.34. The number of aromatic carboxylic acids is 1. The maximum Gasteiger partial charge on any atom is 0.402 e. The first-order chi connectivity index (χ1) is 12.4. The Balaban J connectivity index is 2.80. The van der Waals surface area contributed by atoms with Crippen LogP contribution in [0.3, 0.4) is 0 Å². The van der Waals surface area contributed by atoms with Gasteiger partial charge in [-0.15, -0.1) is 0 Å². The lowest BCUT2D eigenvalue weighted by molar-refractivity contribution is -0.173. The number of rotatable bonds is 5. The minimum absolute atomic E-state index is 0.122. The maximum atomic E-state index is 14.1. The quantitative estimate of drug-likeness (QED) is 0.769. The van der Waals surface area contributed by atoms with Gasteiger partial charge < -0.3 is 5.11 Å². The fraction of sp³-hybridized carbons (Fsp3) is 0.250. The van der Waals surface area contributed by atoms with E-state index in [1.54, 1.807) is 0 Å². The molecule has 0 spiro atoms. The molecular weight excluding hydrogens is 361 g/mol. The summed E-state index contributed by atoms with van der Waals surface area (Å²) in [5.74, 6) is -2.44. The average molecular weight is 378 g/mol. The summed E-state index contributed by atoms with van der Waals surface area (Å²) >= 11 is 0. The summed E-state index contributed by atoms with van der Waals surface area (Å²) in [5, 5.41) is 9.17. The number of carbonyl (C=O) groups excluding carboxylic acids is 2. The zero-order valence-corrected chi connectivity index (χ0v) is 14.8. The predicted molar refractivity (Wildman–Crippen MR) is 92.4 cm³/mol. The van der Waals surface area contributed by atoms with Crippen molar-refractivity contribution < 1.29 is 32.7 Å². The number of hydrogen-bond acceptors (Lipinski definition) is 3. The molecule has 4 nitrogen and oxygen atoms in total. The van der Waals surface area contributed by atoms with E-state index in [0.717, 1.165) is 38.1 Å². The molecule has 1 unspecified atom stereocenters. The van der Waals surface area contributed by atoms with Crippen molar-refractivity contribution in [3.8, 4) is 0 Å². The third-order valence-electron chi connectivity index (χ3n) is 4.62. The number of carboxylic acids is 1. The Hall–Kier alpha value is -2.96. The fourth-order valence-corrected chi connectivity index (χ4v) is 2.88. The van der Waals surface area contributed by atoms with Crippen LogP contribution in [0, 0.1) is 0 Å². The van der Waals surface area contributed by atoms with E-state index in [4.69, 9.17) is 0 Å². The number of carbonyl (C=O) groups is 3. The van der Waals surface area contributed by atoms with E-state index < -0.39 is 23.3 Å². The van der Waals surface area contributed by atoms with Gasteiger partial charge in [-0.2, -0.15) is 13.2 Å². The standard InChI is InChI=1S/C20H17F3O4/c1-11(24)13-5-4-6-14(9-13)19(3,20(21,22)23)15-7-8-16(18(26)27)17(10-15)12(2)25/h4-10H,1-3H3,(H,26,27). The third-order valence-corrected chi connectivity index (χ3v) is 4.62. The van der Waals surface area contributed by atoms with Gasteiger partial charge in [0.2, 0.25) is 0 Å². The smallest absolute Gasteiger partial charge is 0.402 e. The average Bonchev–Trinajstić information content (AvgIpc) is 2.59. The molecule has 0 aromatic heterocycles. The van der Waals surface area contributed by atoms with Crippen molar-refractivity contribution in [3.05, 3.63) is 70.3 Å². The Kier molecular flexibility index (Phi) is 5.26. The van der Waals surface area contributed by atoms with Gasteiger partial charge in [-0.05, 0) is 50.1 Å². The van der Waals surface area contributed by atoms with Crippen LogP contribution < -0.4 is 0 Å². The van der Waals surface area contributed by atoms with E-state index in [-0.39, 0.29) is 33.6 Å². The highest BCUT2D eigenvalue weighted by molar-refractivity contribution is 6.05.